The Morgan fingerprint density at radius 2 is 2.00 bits per heavy atom. The van der Waals surface area contributed by atoms with Gasteiger partial charge in [0, 0.05) is 23.3 Å². The Morgan fingerprint density at radius 3 is 2.50 bits per heavy atom. The average molecular weight is 270 g/mol. The molecule has 18 heavy (non-hydrogen) atoms. The minimum atomic E-state index is -0.00335. The number of halogens is 1. The van der Waals surface area contributed by atoms with Gasteiger partial charge in [-0.1, -0.05) is 37.4 Å². The predicted octanol–water partition coefficient (Wildman–Crippen LogP) is 4.24. The molecule has 0 bridgehead atoms. The van der Waals surface area contributed by atoms with E-state index in [-0.39, 0.29) is 6.61 Å². The lowest BCUT2D eigenvalue weighted by atomic mass is 10.1. The van der Waals surface area contributed by atoms with Crippen molar-refractivity contribution in [3.8, 4) is 0 Å². The Labute approximate surface area is 116 Å². The molecule has 0 aromatic heterocycles. The summed E-state index contributed by atoms with van der Waals surface area (Å²) in [6.45, 7) is 7.66. The Kier molecular flexibility index (Phi) is 6.51. The number of benzene rings is 1. The monoisotopic (exact) mass is 269 g/mol. The molecule has 0 aliphatic carbocycles. The lowest BCUT2D eigenvalue weighted by Gasteiger charge is -2.29. The summed E-state index contributed by atoms with van der Waals surface area (Å²) in [7, 11) is 0. The van der Waals surface area contributed by atoms with Gasteiger partial charge in [-0.05, 0) is 38.0 Å². The van der Waals surface area contributed by atoms with Gasteiger partial charge < -0.3 is 10.0 Å². The normalized spacial score (nSPS) is 11.0. The van der Waals surface area contributed by atoms with E-state index in [0.717, 1.165) is 17.8 Å². The highest BCUT2D eigenvalue weighted by molar-refractivity contribution is 6.31. The first-order valence-corrected chi connectivity index (χ1v) is 7.13. The maximum atomic E-state index is 9.13. The number of rotatable bonds is 7. The van der Waals surface area contributed by atoms with Crippen molar-refractivity contribution >= 4 is 17.3 Å². The standard InChI is InChI=1S/C15H24ClNO/c1-4-5-6-9-17(12(2)3)14-8-7-13(11-18)15(16)10-14/h7-8,10,12,18H,4-6,9,11H2,1-3H3. The van der Waals surface area contributed by atoms with Crippen LogP contribution < -0.4 is 4.90 Å². The van der Waals surface area contributed by atoms with Gasteiger partial charge in [0.15, 0.2) is 0 Å². The molecule has 0 saturated carbocycles. The Bertz CT molecular complexity index is 366. The fourth-order valence-electron chi connectivity index (χ4n) is 2.06. The maximum Gasteiger partial charge on any atom is 0.0696 e. The molecule has 1 N–H and O–H groups in total. The second-order valence-corrected chi connectivity index (χ2v) is 5.34. The molecule has 0 unspecified atom stereocenters. The zero-order chi connectivity index (χ0) is 13.5. The van der Waals surface area contributed by atoms with Crippen molar-refractivity contribution in [2.75, 3.05) is 11.4 Å². The topological polar surface area (TPSA) is 23.5 Å². The van der Waals surface area contributed by atoms with Gasteiger partial charge in [0.25, 0.3) is 0 Å². The fourth-order valence-corrected chi connectivity index (χ4v) is 2.30. The van der Waals surface area contributed by atoms with E-state index in [1.54, 1.807) is 0 Å². The number of aliphatic hydroxyl groups is 1. The van der Waals surface area contributed by atoms with Crippen LogP contribution in [0.25, 0.3) is 0 Å². The van der Waals surface area contributed by atoms with Crippen molar-refractivity contribution in [3.63, 3.8) is 0 Å². The molecule has 2 nitrogen and oxygen atoms in total. The highest BCUT2D eigenvalue weighted by atomic mass is 35.5. The zero-order valence-electron chi connectivity index (χ0n) is 11.6. The Morgan fingerprint density at radius 1 is 1.28 bits per heavy atom. The van der Waals surface area contributed by atoms with Crippen molar-refractivity contribution in [1.29, 1.82) is 0 Å². The first-order chi connectivity index (χ1) is 8.60. The molecule has 0 aliphatic heterocycles. The quantitative estimate of drug-likeness (QED) is 0.749. The third-order valence-electron chi connectivity index (χ3n) is 3.16. The number of nitrogens with zero attached hydrogens (tertiary/aromatic N) is 1. The molecular formula is C15H24ClNO. The molecule has 0 heterocycles. The number of hydrogen-bond donors (Lipinski definition) is 1. The van der Waals surface area contributed by atoms with Gasteiger partial charge in [0.2, 0.25) is 0 Å². The molecule has 3 heteroatoms. The molecule has 1 aromatic rings. The number of hydrogen-bond acceptors (Lipinski definition) is 2. The molecule has 0 amide bonds. The van der Waals surface area contributed by atoms with Gasteiger partial charge in [-0.25, -0.2) is 0 Å². The lowest BCUT2D eigenvalue weighted by molar-refractivity contribution is 0.282. The minimum absolute atomic E-state index is 0.00335. The largest absolute Gasteiger partial charge is 0.392 e. The second-order valence-electron chi connectivity index (χ2n) is 4.93. The number of unbranched alkanes of at least 4 members (excludes halogenated alkanes) is 2. The molecule has 1 rings (SSSR count). The molecular weight excluding hydrogens is 246 g/mol. The Hall–Kier alpha value is -0.730. The van der Waals surface area contributed by atoms with Crippen LogP contribution in [0, 0.1) is 0 Å². The summed E-state index contributed by atoms with van der Waals surface area (Å²) < 4.78 is 0. The minimum Gasteiger partial charge on any atom is -0.392 e. The summed E-state index contributed by atoms with van der Waals surface area (Å²) in [6.07, 6.45) is 3.69. The van der Waals surface area contributed by atoms with E-state index in [1.807, 2.05) is 18.2 Å². The summed E-state index contributed by atoms with van der Waals surface area (Å²) in [6, 6.07) is 6.37. The second kappa shape index (κ2) is 7.65. The summed E-state index contributed by atoms with van der Waals surface area (Å²) >= 11 is 6.15. The van der Waals surface area contributed by atoms with Crippen LogP contribution in [0.3, 0.4) is 0 Å². The van der Waals surface area contributed by atoms with Gasteiger partial charge in [-0.3, -0.25) is 0 Å². The summed E-state index contributed by atoms with van der Waals surface area (Å²) in [4.78, 5) is 2.36. The van der Waals surface area contributed by atoms with Gasteiger partial charge in [-0.15, -0.1) is 0 Å². The van der Waals surface area contributed by atoms with Crippen molar-refractivity contribution in [2.45, 2.75) is 52.7 Å². The molecule has 0 spiro atoms. The summed E-state index contributed by atoms with van der Waals surface area (Å²) in [5.41, 5.74) is 1.93. The van der Waals surface area contributed by atoms with Crippen LogP contribution in [0.4, 0.5) is 5.69 Å². The first-order valence-electron chi connectivity index (χ1n) is 6.76. The average Bonchev–Trinajstić information content (AvgIpc) is 2.34. The molecule has 0 saturated heterocycles. The molecule has 0 aliphatic rings. The zero-order valence-corrected chi connectivity index (χ0v) is 12.4. The van der Waals surface area contributed by atoms with E-state index < -0.39 is 0 Å². The van der Waals surface area contributed by atoms with Crippen molar-refractivity contribution in [3.05, 3.63) is 28.8 Å². The third kappa shape index (κ3) is 4.18. The van der Waals surface area contributed by atoms with Crippen LogP contribution in [0.2, 0.25) is 5.02 Å². The van der Waals surface area contributed by atoms with E-state index in [0.29, 0.717) is 11.1 Å². The predicted molar refractivity (Wildman–Crippen MR) is 79.4 cm³/mol. The number of anilines is 1. The van der Waals surface area contributed by atoms with E-state index in [1.165, 1.54) is 19.3 Å². The lowest BCUT2D eigenvalue weighted by Crippen LogP contribution is -2.31. The van der Waals surface area contributed by atoms with Crippen molar-refractivity contribution in [1.82, 2.24) is 0 Å². The van der Waals surface area contributed by atoms with Crippen LogP contribution in [-0.2, 0) is 6.61 Å². The van der Waals surface area contributed by atoms with Crippen LogP contribution >= 0.6 is 11.6 Å². The van der Waals surface area contributed by atoms with E-state index in [2.05, 4.69) is 25.7 Å². The van der Waals surface area contributed by atoms with E-state index >= 15 is 0 Å². The summed E-state index contributed by atoms with van der Waals surface area (Å²) in [5, 5.41) is 9.78. The van der Waals surface area contributed by atoms with Crippen LogP contribution in [-0.4, -0.2) is 17.7 Å². The third-order valence-corrected chi connectivity index (χ3v) is 3.52. The van der Waals surface area contributed by atoms with Crippen molar-refractivity contribution < 1.29 is 5.11 Å². The van der Waals surface area contributed by atoms with Gasteiger partial charge in [0.05, 0.1) is 6.61 Å². The molecule has 0 fully saturated rings. The smallest absolute Gasteiger partial charge is 0.0696 e. The SMILES string of the molecule is CCCCCN(c1ccc(CO)c(Cl)c1)C(C)C. The maximum absolute atomic E-state index is 9.13. The van der Waals surface area contributed by atoms with Gasteiger partial charge in [0.1, 0.15) is 0 Å². The Balaban J connectivity index is 2.82. The fraction of sp³-hybridized carbons (Fsp3) is 0.600. The van der Waals surface area contributed by atoms with Gasteiger partial charge >= 0.3 is 0 Å². The van der Waals surface area contributed by atoms with E-state index in [9.17, 15) is 0 Å². The van der Waals surface area contributed by atoms with E-state index in [4.69, 9.17) is 16.7 Å². The first kappa shape index (κ1) is 15.3. The van der Waals surface area contributed by atoms with Crippen LogP contribution in [0.5, 0.6) is 0 Å². The highest BCUT2D eigenvalue weighted by Gasteiger charge is 2.11. The molecule has 0 radical (unpaired) electrons. The highest BCUT2D eigenvalue weighted by Crippen LogP contribution is 2.25. The number of aliphatic hydroxyl groups excluding tert-OH is 1. The van der Waals surface area contributed by atoms with Crippen molar-refractivity contribution in [2.24, 2.45) is 0 Å². The van der Waals surface area contributed by atoms with Crippen LogP contribution in [0.1, 0.15) is 45.6 Å². The van der Waals surface area contributed by atoms with Crippen LogP contribution in [0.15, 0.2) is 18.2 Å². The molecule has 1 aromatic carbocycles. The van der Waals surface area contributed by atoms with Gasteiger partial charge in [-0.2, -0.15) is 0 Å². The summed E-state index contributed by atoms with van der Waals surface area (Å²) in [5.74, 6) is 0. The molecule has 102 valence electrons. The molecule has 0 atom stereocenters.